The monoisotopic (exact) mass is 306 g/mol. The van der Waals surface area contributed by atoms with Crippen molar-refractivity contribution in [3.05, 3.63) is 25.9 Å². The summed E-state index contributed by atoms with van der Waals surface area (Å²) in [6, 6.07) is 0. The fraction of sp³-hybridized carbons (Fsp3) is 0.556. The van der Waals surface area contributed by atoms with Crippen LogP contribution < -0.4 is 5.56 Å². The van der Waals surface area contributed by atoms with Crippen molar-refractivity contribution in [2.45, 2.75) is 18.9 Å². The van der Waals surface area contributed by atoms with Gasteiger partial charge in [-0.15, -0.1) is 0 Å². The van der Waals surface area contributed by atoms with Gasteiger partial charge < -0.3 is 9.72 Å². The number of aromatic nitrogens is 2. The van der Waals surface area contributed by atoms with E-state index in [-0.39, 0.29) is 11.7 Å². The molecule has 0 aliphatic heterocycles. The van der Waals surface area contributed by atoms with Crippen molar-refractivity contribution < 1.29 is 4.74 Å². The van der Waals surface area contributed by atoms with Crippen molar-refractivity contribution in [1.82, 2.24) is 9.97 Å². The van der Waals surface area contributed by atoms with Crippen LogP contribution in [0.3, 0.4) is 0 Å². The highest BCUT2D eigenvalue weighted by atomic mass is 127. The number of halogens is 1. The molecule has 1 aromatic rings. The average Bonchev–Trinajstić information content (AvgIpc) is 2.96. The van der Waals surface area contributed by atoms with Crippen molar-refractivity contribution in [2.75, 3.05) is 7.11 Å². The van der Waals surface area contributed by atoms with Crippen LogP contribution in [-0.2, 0) is 4.74 Å². The van der Waals surface area contributed by atoms with Gasteiger partial charge in [-0.25, -0.2) is 4.98 Å². The number of aromatic amines is 1. The molecule has 0 saturated heterocycles. The Hall–Kier alpha value is -0.430. The van der Waals surface area contributed by atoms with Gasteiger partial charge in [-0.3, -0.25) is 4.79 Å². The van der Waals surface area contributed by atoms with Crippen LogP contribution in [0.5, 0.6) is 0 Å². The van der Waals surface area contributed by atoms with Crippen LogP contribution in [0.1, 0.15) is 24.8 Å². The third kappa shape index (κ3) is 1.98. The minimum absolute atomic E-state index is 0.0419. The van der Waals surface area contributed by atoms with Crippen LogP contribution in [0.15, 0.2) is 11.0 Å². The van der Waals surface area contributed by atoms with Crippen molar-refractivity contribution in [1.29, 1.82) is 0 Å². The van der Waals surface area contributed by atoms with Gasteiger partial charge in [0, 0.05) is 13.3 Å². The highest BCUT2D eigenvalue weighted by Gasteiger charge is 2.34. The van der Waals surface area contributed by atoms with E-state index < -0.39 is 0 Å². The average molecular weight is 306 g/mol. The van der Waals surface area contributed by atoms with Crippen molar-refractivity contribution in [2.24, 2.45) is 5.92 Å². The van der Waals surface area contributed by atoms with Gasteiger partial charge in [0.25, 0.3) is 5.56 Å². The fourth-order valence-corrected chi connectivity index (χ4v) is 1.74. The largest absolute Gasteiger partial charge is 0.373 e. The molecule has 14 heavy (non-hydrogen) atoms. The second kappa shape index (κ2) is 3.98. The molecule has 76 valence electrons. The summed E-state index contributed by atoms with van der Waals surface area (Å²) in [5.41, 5.74) is -0.0849. The SMILES string of the molecule is COC(c1ncc(I)c(=O)[nH]1)C1CC1. The van der Waals surface area contributed by atoms with Gasteiger partial charge in [0.15, 0.2) is 0 Å². The maximum atomic E-state index is 11.3. The van der Waals surface area contributed by atoms with Crippen molar-refractivity contribution >= 4 is 22.6 Å². The molecule has 2 rings (SSSR count). The molecule has 1 heterocycles. The molecule has 1 aromatic heterocycles. The summed E-state index contributed by atoms with van der Waals surface area (Å²) in [4.78, 5) is 18.3. The van der Waals surface area contributed by atoms with Crippen LogP contribution >= 0.6 is 22.6 Å². The molecule has 1 aliphatic carbocycles. The van der Waals surface area contributed by atoms with Crippen LogP contribution in [0.25, 0.3) is 0 Å². The quantitative estimate of drug-likeness (QED) is 0.861. The van der Waals surface area contributed by atoms with Gasteiger partial charge in [-0.1, -0.05) is 0 Å². The van der Waals surface area contributed by atoms with Gasteiger partial charge in [-0.2, -0.15) is 0 Å². The highest BCUT2D eigenvalue weighted by molar-refractivity contribution is 14.1. The number of H-pyrrole nitrogens is 1. The zero-order valence-corrected chi connectivity index (χ0v) is 9.95. The fourth-order valence-electron chi connectivity index (χ4n) is 1.46. The summed E-state index contributed by atoms with van der Waals surface area (Å²) in [6.07, 6.45) is 3.87. The van der Waals surface area contributed by atoms with Gasteiger partial charge in [0.1, 0.15) is 11.9 Å². The predicted octanol–water partition coefficient (Wildman–Crippen LogP) is 1.47. The minimum atomic E-state index is -0.0849. The number of methoxy groups -OCH3 is 1. The van der Waals surface area contributed by atoms with E-state index in [0.29, 0.717) is 15.3 Å². The van der Waals surface area contributed by atoms with Crippen LogP contribution in [0.2, 0.25) is 0 Å². The normalized spacial score (nSPS) is 18.1. The second-order valence-corrected chi connectivity index (χ2v) is 4.60. The molecule has 1 unspecified atom stereocenters. The predicted molar refractivity (Wildman–Crippen MR) is 60.0 cm³/mol. The summed E-state index contributed by atoms with van der Waals surface area (Å²) in [5, 5.41) is 0. The van der Waals surface area contributed by atoms with E-state index in [1.165, 1.54) is 0 Å². The van der Waals surface area contributed by atoms with Gasteiger partial charge in [0.2, 0.25) is 0 Å². The Morgan fingerprint density at radius 3 is 2.93 bits per heavy atom. The number of hydrogen-bond donors (Lipinski definition) is 1. The lowest BCUT2D eigenvalue weighted by Gasteiger charge is -2.12. The molecular formula is C9H11IN2O2. The lowest BCUT2D eigenvalue weighted by molar-refractivity contribution is 0.0769. The molecular weight excluding hydrogens is 295 g/mol. The molecule has 0 amide bonds. The second-order valence-electron chi connectivity index (χ2n) is 3.44. The molecule has 1 aliphatic rings. The van der Waals surface area contributed by atoms with Gasteiger partial charge >= 0.3 is 0 Å². The van der Waals surface area contributed by atoms with E-state index in [4.69, 9.17) is 4.74 Å². The Morgan fingerprint density at radius 1 is 1.71 bits per heavy atom. The van der Waals surface area contributed by atoms with Gasteiger partial charge in [-0.05, 0) is 41.4 Å². The van der Waals surface area contributed by atoms with Crippen molar-refractivity contribution in [3.8, 4) is 0 Å². The standard InChI is InChI=1S/C9H11IN2O2/c1-14-7(5-2-3-5)8-11-4-6(10)9(13)12-8/h4-5,7H,2-3H2,1H3,(H,11,12,13). The molecule has 1 atom stereocenters. The first-order chi connectivity index (χ1) is 6.72. The third-order valence-electron chi connectivity index (χ3n) is 2.35. The first-order valence-electron chi connectivity index (χ1n) is 4.50. The van der Waals surface area contributed by atoms with Gasteiger partial charge in [0.05, 0.1) is 3.57 Å². The maximum absolute atomic E-state index is 11.3. The van der Waals surface area contributed by atoms with Crippen LogP contribution in [0, 0.1) is 9.49 Å². The molecule has 0 aromatic carbocycles. The van der Waals surface area contributed by atoms with Crippen molar-refractivity contribution in [3.63, 3.8) is 0 Å². The first-order valence-corrected chi connectivity index (χ1v) is 5.57. The Balaban J connectivity index is 2.30. The Bertz CT molecular complexity index is 387. The molecule has 4 nitrogen and oxygen atoms in total. The van der Waals surface area contributed by atoms with E-state index >= 15 is 0 Å². The minimum Gasteiger partial charge on any atom is -0.373 e. The smallest absolute Gasteiger partial charge is 0.264 e. The highest BCUT2D eigenvalue weighted by Crippen LogP contribution is 2.41. The number of nitrogens with zero attached hydrogens (tertiary/aromatic N) is 1. The Kier molecular flexibility index (Phi) is 2.87. The number of rotatable bonds is 3. The summed E-state index contributed by atoms with van der Waals surface area (Å²) >= 11 is 1.96. The topological polar surface area (TPSA) is 55.0 Å². The van der Waals surface area contributed by atoms with E-state index in [2.05, 4.69) is 9.97 Å². The molecule has 0 bridgehead atoms. The number of ether oxygens (including phenoxy) is 1. The maximum Gasteiger partial charge on any atom is 0.264 e. The summed E-state index contributed by atoms with van der Waals surface area (Å²) in [7, 11) is 1.65. The van der Waals surface area contributed by atoms with E-state index in [9.17, 15) is 4.79 Å². The number of nitrogens with one attached hydrogen (secondary N) is 1. The van der Waals surface area contributed by atoms with E-state index in [1.54, 1.807) is 13.3 Å². The zero-order chi connectivity index (χ0) is 10.1. The first kappa shape index (κ1) is 10.1. The number of hydrogen-bond acceptors (Lipinski definition) is 3. The summed E-state index contributed by atoms with van der Waals surface area (Å²) in [5.74, 6) is 1.18. The molecule has 0 spiro atoms. The molecule has 0 radical (unpaired) electrons. The summed E-state index contributed by atoms with van der Waals surface area (Å²) in [6.45, 7) is 0. The summed E-state index contributed by atoms with van der Waals surface area (Å²) < 4.78 is 5.93. The van der Waals surface area contributed by atoms with Crippen LogP contribution in [0.4, 0.5) is 0 Å². The zero-order valence-electron chi connectivity index (χ0n) is 7.79. The Labute approximate surface area is 95.2 Å². The molecule has 1 saturated carbocycles. The van der Waals surface area contributed by atoms with E-state index in [0.717, 1.165) is 12.8 Å². The Morgan fingerprint density at radius 2 is 2.43 bits per heavy atom. The third-order valence-corrected chi connectivity index (χ3v) is 3.12. The molecule has 1 N–H and O–H groups in total. The van der Waals surface area contributed by atoms with E-state index in [1.807, 2.05) is 22.6 Å². The molecule has 5 heteroatoms. The lowest BCUT2D eigenvalue weighted by Crippen LogP contribution is -2.18. The molecule has 1 fully saturated rings. The van der Waals surface area contributed by atoms with Crippen LogP contribution in [-0.4, -0.2) is 17.1 Å². The lowest BCUT2D eigenvalue weighted by atomic mass is 10.2.